The highest BCUT2D eigenvalue weighted by Crippen LogP contribution is 2.05. The molecule has 0 aromatic heterocycles. The molecule has 1 aromatic carbocycles. The van der Waals surface area contributed by atoms with Gasteiger partial charge in [-0.2, -0.15) is 8.42 Å². The van der Waals surface area contributed by atoms with Crippen molar-refractivity contribution in [1.82, 2.24) is 0 Å². The lowest BCUT2D eigenvalue weighted by Crippen LogP contribution is -1.96. The third-order valence-electron chi connectivity index (χ3n) is 1.55. The van der Waals surface area contributed by atoms with Crippen molar-refractivity contribution in [3.05, 3.63) is 30.3 Å². The van der Waals surface area contributed by atoms with Gasteiger partial charge in [-0.1, -0.05) is 31.5 Å². The zero-order chi connectivity index (χ0) is 11.7. The molecule has 5 heteroatoms. The summed E-state index contributed by atoms with van der Waals surface area (Å²) in [6, 6.07) is 7.42. The Balaban J connectivity index is 0.000000336. The van der Waals surface area contributed by atoms with Gasteiger partial charge in [0.15, 0.2) is 0 Å². The van der Waals surface area contributed by atoms with E-state index in [1.165, 1.54) is 12.1 Å². The first kappa shape index (κ1) is 14.1. The second kappa shape index (κ2) is 7.39. The van der Waals surface area contributed by atoms with Gasteiger partial charge in [0.1, 0.15) is 0 Å². The third-order valence-corrected chi connectivity index (χ3v) is 2.42. The molecule has 0 spiro atoms. The average molecular weight is 232 g/mol. The van der Waals surface area contributed by atoms with Crippen LogP contribution in [0.2, 0.25) is 0 Å². The molecule has 0 saturated heterocycles. The maximum absolute atomic E-state index is 10.4. The molecule has 0 fully saturated rings. The molecule has 0 unspecified atom stereocenters. The molecule has 1 aromatic rings. The number of hydrogen-bond acceptors (Lipinski definition) is 3. The lowest BCUT2D eigenvalue weighted by Gasteiger charge is -1.92. The van der Waals surface area contributed by atoms with Crippen LogP contribution in [0.25, 0.3) is 0 Å². The van der Waals surface area contributed by atoms with Crippen LogP contribution >= 0.6 is 0 Å². The number of aliphatic hydroxyl groups excluding tert-OH is 1. The molecule has 15 heavy (non-hydrogen) atoms. The fourth-order valence-electron chi connectivity index (χ4n) is 0.751. The van der Waals surface area contributed by atoms with Crippen molar-refractivity contribution in [2.24, 2.45) is 0 Å². The Morgan fingerprint density at radius 3 is 1.93 bits per heavy atom. The van der Waals surface area contributed by atoms with Crippen molar-refractivity contribution >= 4 is 10.1 Å². The van der Waals surface area contributed by atoms with Crippen molar-refractivity contribution in [1.29, 1.82) is 0 Å². The van der Waals surface area contributed by atoms with Crippen molar-refractivity contribution in [2.75, 3.05) is 6.61 Å². The zero-order valence-corrected chi connectivity index (χ0v) is 9.44. The number of aliphatic hydroxyl groups is 1. The Morgan fingerprint density at radius 2 is 1.73 bits per heavy atom. The molecule has 0 atom stereocenters. The van der Waals surface area contributed by atoms with Crippen LogP contribution in [0.15, 0.2) is 35.2 Å². The molecule has 86 valence electrons. The maximum Gasteiger partial charge on any atom is 0.294 e. The Labute approximate surface area is 90.3 Å². The number of unbranched alkanes of at least 4 members (excludes halogenated alkanes) is 1. The highest BCUT2D eigenvalue weighted by Gasteiger charge is 2.05. The van der Waals surface area contributed by atoms with Crippen molar-refractivity contribution in [3.8, 4) is 0 Å². The molecule has 0 saturated carbocycles. The van der Waals surface area contributed by atoms with E-state index in [2.05, 4.69) is 6.92 Å². The van der Waals surface area contributed by atoms with Gasteiger partial charge in [0.05, 0.1) is 4.90 Å². The van der Waals surface area contributed by atoms with E-state index >= 15 is 0 Å². The summed E-state index contributed by atoms with van der Waals surface area (Å²) in [4.78, 5) is -0.0741. The van der Waals surface area contributed by atoms with E-state index < -0.39 is 10.1 Å². The van der Waals surface area contributed by atoms with Gasteiger partial charge >= 0.3 is 0 Å². The van der Waals surface area contributed by atoms with Crippen LogP contribution in [0.3, 0.4) is 0 Å². The first-order valence-corrected chi connectivity index (χ1v) is 6.09. The molecular weight excluding hydrogens is 216 g/mol. The molecule has 0 aliphatic rings. The Hall–Kier alpha value is -0.910. The lowest BCUT2D eigenvalue weighted by atomic mass is 10.4. The minimum absolute atomic E-state index is 0.0741. The van der Waals surface area contributed by atoms with Crippen LogP contribution in [0, 0.1) is 0 Å². The summed E-state index contributed by atoms with van der Waals surface area (Å²) in [5, 5.41) is 8.07. The summed E-state index contributed by atoms with van der Waals surface area (Å²) in [6.45, 7) is 2.40. The first-order chi connectivity index (χ1) is 7.02. The van der Waals surface area contributed by atoms with Gasteiger partial charge in [-0.25, -0.2) is 0 Å². The van der Waals surface area contributed by atoms with Crippen LogP contribution in [-0.4, -0.2) is 24.7 Å². The normalized spacial score (nSPS) is 10.3. The SMILES string of the molecule is CCCCO.O=S(=O)(O)c1ccccc1. The van der Waals surface area contributed by atoms with Gasteiger partial charge in [-0.05, 0) is 18.6 Å². The third kappa shape index (κ3) is 7.07. The fourth-order valence-corrected chi connectivity index (χ4v) is 1.25. The van der Waals surface area contributed by atoms with E-state index in [1.54, 1.807) is 18.2 Å². The molecule has 0 radical (unpaired) electrons. The Bertz CT molecular complexity index is 343. The van der Waals surface area contributed by atoms with Gasteiger partial charge in [0.2, 0.25) is 0 Å². The number of hydrogen-bond donors (Lipinski definition) is 2. The predicted molar refractivity (Wildman–Crippen MR) is 58.3 cm³/mol. The van der Waals surface area contributed by atoms with E-state index in [4.69, 9.17) is 9.66 Å². The van der Waals surface area contributed by atoms with Crippen molar-refractivity contribution in [3.63, 3.8) is 0 Å². The number of benzene rings is 1. The minimum atomic E-state index is -4.00. The van der Waals surface area contributed by atoms with E-state index in [0.717, 1.165) is 12.8 Å². The Morgan fingerprint density at radius 1 is 1.20 bits per heavy atom. The molecule has 0 amide bonds. The minimum Gasteiger partial charge on any atom is -0.396 e. The summed E-state index contributed by atoms with van der Waals surface area (Å²) in [7, 11) is -4.00. The zero-order valence-electron chi connectivity index (χ0n) is 8.63. The Kier molecular flexibility index (Phi) is 6.94. The fraction of sp³-hybridized carbons (Fsp3) is 0.400. The molecule has 0 heterocycles. The molecule has 0 aliphatic carbocycles. The quantitative estimate of drug-likeness (QED) is 0.778. The van der Waals surface area contributed by atoms with Gasteiger partial charge < -0.3 is 5.11 Å². The summed E-state index contributed by atoms with van der Waals surface area (Å²) in [6.07, 6.45) is 2.04. The second-order valence-electron chi connectivity index (χ2n) is 2.87. The van der Waals surface area contributed by atoms with Crippen LogP contribution in [0.4, 0.5) is 0 Å². The van der Waals surface area contributed by atoms with E-state index in [1.807, 2.05) is 0 Å². The average Bonchev–Trinajstić information content (AvgIpc) is 2.20. The van der Waals surface area contributed by atoms with Gasteiger partial charge in [0, 0.05) is 6.61 Å². The van der Waals surface area contributed by atoms with Crippen molar-refractivity contribution in [2.45, 2.75) is 24.7 Å². The highest BCUT2D eigenvalue weighted by molar-refractivity contribution is 7.85. The van der Waals surface area contributed by atoms with E-state index in [9.17, 15) is 8.42 Å². The molecule has 4 nitrogen and oxygen atoms in total. The standard InChI is InChI=1S/C6H6O3S.C4H10O/c7-10(8,9)6-4-2-1-3-5-6;1-2-3-4-5/h1-5H,(H,7,8,9);5H,2-4H2,1H3. The predicted octanol–water partition coefficient (Wildman–Crippen LogP) is 1.71. The second-order valence-corrected chi connectivity index (χ2v) is 4.29. The van der Waals surface area contributed by atoms with Gasteiger partial charge in [-0.15, -0.1) is 0 Å². The van der Waals surface area contributed by atoms with Gasteiger partial charge in [0.25, 0.3) is 10.1 Å². The molecule has 1 rings (SSSR count). The molecule has 2 N–H and O–H groups in total. The largest absolute Gasteiger partial charge is 0.396 e. The summed E-state index contributed by atoms with van der Waals surface area (Å²) in [5.41, 5.74) is 0. The summed E-state index contributed by atoms with van der Waals surface area (Å²) < 4.78 is 29.2. The van der Waals surface area contributed by atoms with Crippen LogP contribution in [-0.2, 0) is 10.1 Å². The van der Waals surface area contributed by atoms with Crippen LogP contribution < -0.4 is 0 Å². The summed E-state index contributed by atoms with van der Waals surface area (Å²) >= 11 is 0. The van der Waals surface area contributed by atoms with Crippen LogP contribution in [0.1, 0.15) is 19.8 Å². The van der Waals surface area contributed by atoms with Crippen molar-refractivity contribution < 1.29 is 18.1 Å². The number of rotatable bonds is 3. The van der Waals surface area contributed by atoms with E-state index in [0.29, 0.717) is 6.61 Å². The van der Waals surface area contributed by atoms with Gasteiger partial charge in [-0.3, -0.25) is 4.55 Å². The first-order valence-electron chi connectivity index (χ1n) is 4.65. The van der Waals surface area contributed by atoms with Crippen LogP contribution in [0.5, 0.6) is 0 Å². The molecule has 0 bridgehead atoms. The smallest absolute Gasteiger partial charge is 0.294 e. The van der Waals surface area contributed by atoms with E-state index in [-0.39, 0.29) is 4.90 Å². The topological polar surface area (TPSA) is 74.6 Å². The maximum atomic E-state index is 10.4. The highest BCUT2D eigenvalue weighted by atomic mass is 32.2. The monoisotopic (exact) mass is 232 g/mol. The lowest BCUT2D eigenvalue weighted by molar-refractivity contribution is 0.287. The summed E-state index contributed by atoms with van der Waals surface area (Å²) in [5.74, 6) is 0. The molecule has 0 aliphatic heterocycles. The molecular formula is C10H16O4S.